The lowest BCUT2D eigenvalue weighted by Gasteiger charge is -2.33. The molecular weight excluding hydrogens is 256 g/mol. The second-order valence-electron chi connectivity index (χ2n) is 5.19. The zero-order valence-electron chi connectivity index (χ0n) is 11.5. The van der Waals surface area contributed by atoms with Crippen molar-refractivity contribution in [2.45, 2.75) is 19.8 Å². The highest BCUT2D eigenvalue weighted by Crippen LogP contribution is 2.31. The molecule has 5 heteroatoms. The van der Waals surface area contributed by atoms with E-state index in [4.69, 9.17) is 10.00 Å². The summed E-state index contributed by atoms with van der Waals surface area (Å²) in [4.78, 5) is 11.5. The number of carbonyl (C=O) groups is 1. The SMILES string of the molecule is Cc1cc(NCC2(C(=O)O)CCOCC2)ccc1C#N. The molecule has 1 aliphatic rings. The molecule has 1 aliphatic heterocycles. The van der Waals surface area contributed by atoms with Crippen molar-refractivity contribution in [1.29, 1.82) is 5.26 Å². The number of benzene rings is 1. The molecule has 1 aromatic carbocycles. The maximum absolute atomic E-state index is 11.5. The summed E-state index contributed by atoms with van der Waals surface area (Å²) in [5.74, 6) is -0.779. The predicted octanol–water partition coefficient (Wildman–Crippen LogP) is 2.16. The Morgan fingerprint density at radius 3 is 2.75 bits per heavy atom. The van der Waals surface area contributed by atoms with E-state index in [0.29, 0.717) is 38.2 Å². The summed E-state index contributed by atoms with van der Waals surface area (Å²) in [7, 11) is 0. The second-order valence-corrected chi connectivity index (χ2v) is 5.19. The van der Waals surface area contributed by atoms with E-state index in [1.54, 1.807) is 12.1 Å². The fourth-order valence-electron chi connectivity index (χ4n) is 2.40. The van der Waals surface area contributed by atoms with Crippen LogP contribution in [0.4, 0.5) is 5.69 Å². The summed E-state index contributed by atoms with van der Waals surface area (Å²) in [5.41, 5.74) is 1.59. The fourth-order valence-corrected chi connectivity index (χ4v) is 2.40. The summed E-state index contributed by atoms with van der Waals surface area (Å²) >= 11 is 0. The highest BCUT2D eigenvalue weighted by Gasteiger charge is 2.40. The van der Waals surface area contributed by atoms with Crippen LogP contribution in [0.25, 0.3) is 0 Å². The van der Waals surface area contributed by atoms with Crippen LogP contribution in [-0.4, -0.2) is 30.8 Å². The number of nitrogens with zero attached hydrogens (tertiary/aromatic N) is 1. The van der Waals surface area contributed by atoms with Crippen LogP contribution in [0.2, 0.25) is 0 Å². The maximum atomic E-state index is 11.5. The Balaban J connectivity index is 2.08. The average molecular weight is 274 g/mol. The topological polar surface area (TPSA) is 82.3 Å². The molecule has 0 saturated carbocycles. The molecule has 5 nitrogen and oxygen atoms in total. The van der Waals surface area contributed by atoms with Gasteiger partial charge in [0.15, 0.2) is 0 Å². The van der Waals surface area contributed by atoms with Crippen LogP contribution in [0.3, 0.4) is 0 Å². The fraction of sp³-hybridized carbons (Fsp3) is 0.467. The van der Waals surface area contributed by atoms with Crippen molar-refractivity contribution in [2.24, 2.45) is 5.41 Å². The van der Waals surface area contributed by atoms with Crippen LogP contribution < -0.4 is 5.32 Å². The lowest BCUT2D eigenvalue weighted by atomic mass is 9.80. The van der Waals surface area contributed by atoms with Crippen molar-refractivity contribution in [3.63, 3.8) is 0 Å². The molecule has 0 atom stereocenters. The number of hydrogen-bond acceptors (Lipinski definition) is 4. The van der Waals surface area contributed by atoms with E-state index in [1.165, 1.54) is 0 Å². The van der Waals surface area contributed by atoms with E-state index in [2.05, 4.69) is 11.4 Å². The number of aliphatic carboxylic acids is 1. The molecular formula is C15H18N2O3. The zero-order valence-corrected chi connectivity index (χ0v) is 11.5. The van der Waals surface area contributed by atoms with Crippen molar-refractivity contribution in [3.05, 3.63) is 29.3 Å². The molecule has 0 amide bonds. The number of hydrogen-bond donors (Lipinski definition) is 2. The van der Waals surface area contributed by atoms with Crippen LogP contribution >= 0.6 is 0 Å². The van der Waals surface area contributed by atoms with Gasteiger partial charge in [-0.3, -0.25) is 4.79 Å². The minimum absolute atomic E-state index is 0.372. The number of carboxylic acids is 1. The third kappa shape index (κ3) is 2.91. The van der Waals surface area contributed by atoms with Crippen molar-refractivity contribution < 1.29 is 14.6 Å². The Morgan fingerprint density at radius 1 is 1.50 bits per heavy atom. The molecule has 1 aromatic rings. The van der Waals surface area contributed by atoms with E-state index < -0.39 is 11.4 Å². The molecule has 2 rings (SSSR count). The van der Waals surface area contributed by atoms with E-state index in [-0.39, 0.29) is 0 Å². The summed E-state index contributed by atoms with van der Waals surface area (Å²) in [6.07, 6.45) is 1.04. The van der Waals surface area contributed by atoms with Crippen molar-refractivity contribution >= 4 is 11.7 Å². The zero-order chi connectivity index (χ0) is 14.6. The van der Waals surface area contributed by atoms with Crippen molar-refractivity contribution in [3.8, 4) is 6.07 Å². The average Bonchev–Trinajstić information content (AvgIpc) is 2.46. The number of nitrogens with one attached hydrogen (secondary N) is 1. The Labute approximate surface area is 118 Å². The quantitative estimate of drug-likeness (QED) is 0.879. The number of rotatable bonds is 4. The molecule has 0 spiro atoms. The second kappa shape index (κ2) is 5.93. The van der Waals surface area contributed by atoms with E-state index in [0.717, 1.165) is 11.3 Å². The standard InChI is InChI=1S/C15H18N2O3/c1-11-8-13(3-2-12(11)9-16)17-10-15(14(18)19)4-6-20-7-5-15/h2-3,8,17H,4-7,10H2,1H3,(H,18,19). The van der Waals surface area contributed by atoms with E-state index >= 15 is 0 Å². The summed E-state index contributed by atoms with van der Waals surface area (Å²) < 4.78 is 5.25. The highest BCUT2D eigenvalue weighted by atomic mass is 16.5. The third-order valence-corrected chi connectivity index (χ3v) is 3.88. The Kier molecular flexibility index (Phi) is 4.26. The molecule has 1 heterocycles. The van der Waals surface area contributed by atoms with Gasteiger partial charge in [0.1, 0.15) is 0 Å². The van der Waals surface area contributed by atoms with Gasteiger partial charge in [-0.15, -0.1) is 0 Å². The van der Waals surface area contributed by atoms with Crippen molar-refractivity contribution in [1.82, 2.24) is 0 Å². The normalized spacial score (nSPS) is 17.2. The van der Waals surface area contributed by atoms with Gasteiger partial charge in [0.05, 0.1) is 17.0 Å². The number of nitriles is 1. The molecule has 1 saturated heterocycles. The minimum Gasteiger partial charge on any atom is -0.481 e. The predicted molar refractivity (Wildman–Crippen MR) is 74.5 cm³/mol. The number of aryl methyl sites for hydroxylation is 1. The highest BCUT2D eigenvalue weighted by molar-refractivity contribution is 5.75. The van der Waals surface area contributed by atoms with E-state index in [9.17, 15) is 9.90 Å². The maximum Gasteiger partial charge on any atom is 0.311 e. The largest absolute Gasteiger partial charge is 0.481 e. The smallest absolute Gasteiger partial charge is 0.311 e. The van der Waals surface area contributed by atoms with Gasteiger partial charge in [0, 0.05) is 25.4 Å². The number of carboxylic acid groups (broad SMARTS) is 1. The van der Waals surface area contributed by atoms with Gasteiger partial charge in [-0.05, 0) is 43.5 Å². The van der Waals surface area contributed by atoms with Crippen LogP contribution in [0.1, 0.15) is 24.0 Å². The van der Waals surface area contributed by atoms with E-state index in [1.807, 2.05) is 13.0 Å². The first-order valence-electron chi connectivity index (χ1n) is 6.63. The Morgan fingerprint density at radius 2 is 2.20 bits per heavy atom. The molecule has 106 valence electrons. The molecule has 20 heavy (non-hydrogen) atoms. The Hall–Kier alpha value is -2.06. The number of ether oxygens (including phenoxy) is 1. The van der Waals surface area contributed by atoms with Gasteiger partial charge < -0.3 is 15.2 Å². The summed E-state index contributed by atoms with van der Waals surface area (Å²) in [6.45, 7) is 3.21. The molecule has 0 aliphatic carbocycles. The van der Waals surface area contributed by atoms with Gasteiger partial charge >= 0.3 is 5.97 Å². The first-order valence-corrected chi connectivity index (χ1v) is 6.63. The van der Waals surface area contributed by atoms with Gasteiger partial charge in [-0.2, -0.15) is 5.26 Å². The van der Waals surface area contributed by atoms with Gasteiger partial charge in [-0.1, -0.05) is 0 Å². The molecule has 0 aromatic heterocycles. The summed E-state index contributed by atoms with van der Waals surface area (Å²) in [6, 6.07) is 7.53. The van der Waals surface area contributed by atoms with Crippen LogP contribution in [0.15, 0.2) is 18.2 Å². The monoisotopic (exact) mass is 274 g/mol. The summed E-state index contributed by atoms with van der Waals surface area (Å²) in [5, 5.41) is 21.5. The lowest BCUT2D eigenvalue weighted by molar-refractivity contribution is -0.153. The van der Waals surface area contributed by atoms with Gasteiger partial charge in [0.2, 0.25) is 0 Å². The number of anilines is 1. The van der Waals surface area contributed by atoms with Crippen LogP contribution in [-0.2, 0) is 9.53 Å². The first kappa shape index (κ1) is 14.4. The van der Waals surface area contributed by atoms with Gasteiger partial charge in [0.25, 0.3) is 0 Å². The first-order chi connectivity index (χ1) is 9.57. The third-order valence-electron chi connectivity index (χ3n) is 3.88. The van der Waals surface area contributed by atoms with Crippen LogP contribution in [0.5, 0.6) is 0 Å². The lowest BCUT2D eigenvalue weighted by Crippen LogP contribution is -2.42. The minimum atomic E-state index is -0.779. The van der Waals surface area contributed by atoms with Crippen LogP contribution in [0, 0.1) is 23.7 Å². The molecule has 0 bridgehead atoms. The molecule has 0 unspecified atom stereocenters. The molecule has 1 fully saturated rings. The van der Waals surface area contributed by atoms with Gasteiger partial charge in [-0.25, -0.2) is 0 Å². The molecule has 0 radical (unpaired) electrons. The molecule has 2 N–H and O–H groups in total. The Bertz CT molecular complexity index is 543. The van der Waals surface area contributed by atoms with Crippen molar-refractivity contribution in [2.75, 3.05) is 25.1 Å².